The number of hydrogen-bond acceptors (Lipinski definition) is 3. The standard InChI is InChI=1S/C14H26N4O2/c1-2-3-4-12(18-14(15)20)13(19)17-11-7-9-5-6-10(8-11)16-9/h9-12,16H,2-8H2,1H3,(H,17,19)(H3,15,18,20). The molecular weight excluding hydrogens is 256 g/mol. The lowest BCUT2D eigenvalue weighted by Crippen LogP contribution is -2.54. The van der Waals surface area contributed by atoms with Crippen molar-refractivity contribution in [1.29, 1.82) is 0 Å². The fraction of sp³-hybridized carbons (Fsp3) is 0.857. The molecule has 0 aliphatic carbocycles. The van der Waals surface area contributed by atoms with Gasteiger partial charge < -0.3 is 21.7 Å². The smallest absolute Gasteiger partial charge is 0.312 e. The van der Waals surface area contributed by atoms with Crippen molar-refractivity contribution in [3.63, 3.8) is 0 Å². The number of nitrogens with one attached hydrogen (secondary N) is 3. The molecule has 6 heteroatoms. The van der Waals surface area contributed by atoms with Gasteiger partial charge in [0.25, 0.3) is 0 Å². The first-order valence-electron chi connectivity index (χ1n) is 7.71. The van der Waals surface area contributed by atoms with Gasteiger partial charge in [0, 0.05) is 18.1 Å². The van der Waals surface area contributed by atoms with Gasteiger partial charge in [0.2, 0.25) is 5.91 Å². The molecule has 2 rings (SSSR count). The van der Waals surface area contributed by atoms with Crippen LogP contribution in [0.15, 0.2) is 0 Å². The van der Waals surface area contributed by atoms with Gasteiger partial charge in [0.05, 0.1) is 0 Å². The second kappa shape index (κ2) is 6.92. The minimum atomic E-state index is -0.633. The van der Waals surface area contributed by atoms with Crippen LogP contribution in [0, 0.1) is 0 Å². The van der Waals surface area contributed by atoms with E-state index in [4.69, 9.17) is 5.73 Å². The van der Waals surface area contributed by atoms with E-state index in [2.05, 4.69) is 22.9 Å². The molecule has 6 nitrogen and oxygen atoms in total. The average Bonchev–Trinajstić information content (AvgIpc) is 2.73. The Labute approximate surface area is 120 Å². The molecule has 2 saturated heterocycles. The van der Waals surface area contributed by atoms with Crippen LogP contribution < -0.4 is 21.7 Å². The molecule has 0 aromatic heterocycles. The predicted molar refractivity (Wildman–Crippen MR) is 77.1 cm³/mol. The Balaban J connectivity index is 1.85. The highest BCUT2D eigenvalue weighted by atomic mass is 16.2. The van der Waals surface area contributed by atoms with E-state index in [0.717, 1.165) is 25.7 Å². The van der Waals surface area contributed by atoms with E-state index in [0.29, 0.717) is 18.5 Å². The van der Waals surface area contributed by atoms with Crippen LogP contribution in [0.3, 0.4) is 0 Å². The molecule has 0 aromatic rings. The summed E-state index contributed by atoms with van der Waals surface area (Å²) in [4.78, 5) is 23.3. The number of nitrogens with two attached hydrogens (primary N) is 1. The molecular formula is C14H26N4O2. The summed E-state index contributed by atoms with van der Waals surface area (Å²) in [7, 11) is 0. The third-order valence-electron chi connectivity index (χ3n) is 4.30. The van der Waals surface area contributed by atoms with Crippen LogP contribution in [0.1, 0.15) is 51.9 Å². The molecule has 3 amide bonds. The van der Waals surface area contributed by atoms with E-state index in [-0.39, 0.29) is 11.9 Å². The Morgan fingerprint density at radius 2 is 1.95 bits per heavy atom. The number of primary amides is 1. The Hall–Kier alpha value is -1.30. The lowest BCUT2D eigenvalue weighted by atomic mass is 9.99. The molecule has 2 bridgehead atoms. The maximum Gasteiger partial charge on any atom is 0.312 e. The first kappa shape index (κ1) is 15.1. The highest BCUT2D eigenvalue weighted by Crippen LogP contribution is 2.26. The number of rotatable bonds is 6. The largest absolute Gasteiger partial charge is 0.352 e. The number of amides is 3. The summed E-state index contributed by atoms with van der Waals surface area (Å²) < 4.78 is 0. The number of carbonyl (C=O) groups excluding carboxylic acids is 2. The summed E-state index contributed by atoms with van der Waals surface area (Å²) >= 11 is 0. The summed E-state index contributed by atoms with van der Waals surface area (Å²) in [6.07, 6.45) is 6.91. The normalized spacial score (nSPS) is 29.8. The van der Waals surface area contributed by atoms with Gasteiger partial charge in [-0.05, 0) is 32.1 Å². The maximum atomic E-state index is 12.3. The van der Waals surface area contributed by atoms with Crippen LogP contribution in [0.25, 0.3) is 0 Å². The van der Waals surface area contributed by atoms with Crippen LogP contribution in [0.5, 0.6) is 0 Å². The van der Waals surface area contributed by atoms with Crippen molar-refractivity contribution in [3.8, 4) is 0 Å². The molecule has 5 N–H and O–H groups in total. The third-order valence-corrected chi connectivity index (χ3v) is 4.30. The van der Waals surface area contributed by atoms with Gasteiger partial charge in [-0.15, -0.1) is 0 Å². The molecule has 2 aliphatic heterocycles. The second-order valence-electron chi connectivity index (χ2n) is 6.02. The van der Waals surface area contributed by atoms with E-state index < -0.39 is 12.1 Å². The average molecular weight is 282 g/mol. The number of urea groups is 1. The Bertz CT molecular complexity index is 349. The van der Waals surface area contributed by atoms with Crippen molar-refractivity contribution in [3.05, 3.63) is 0 Å². The molecule has 0 radical (unpaired) electrons. The van der Waals surface area contributed by atoms with Gasteiger partial charge in [0.15, 0.2) is 0 Å². The fourth-order valence-corrected chi connectivity index (χ4v) is 3.33. The highest BCUT2D eigenvalue weighted by molar-refractivity contribution is 5.86. The molecule has 0 spiro atoms. The van der Waals surface area contributed by atoms with E-state index >= 15 is 0 Å². The Morgan fingerprint density at radius 3 is 2.50 bits per heavy atom. The second-order valence-corrected chi connectivity index (χ2v) is 6.02. The first-order valence-corrected chi connectivity index (χ1v) is 7.71. The number of piperidine rings is 1. The molecule has 2 heterocycles. The topological polar surface area (TPSA) is 96.2 Å². The predicted octanol–water partition coefficient (Wildman–Crippen LogP) is 0.613. The van der Waals surface area contributed by atoms with Gasteiger partial charge in [0.1, 0.15) is 6.04 Å². The van der Waals surface area contributed by atoms with Crippen molar-refractivity contribution >= 4 is 11.9 Å². The van der Waals surface area contributed by atoms with Crippen LogP contribution in [0.4, 0.5) is 4.79 Å². The van der Waals surface area contributed by atoms with Crippen LogP contribution >= 0.6 is 0 Å². The van der Waals surface area contributed by atoms with Crippen LogP contribution in [-0.4, -0.2) is 36.1 Å². The van der Waals surface area contributed by atoms with Gasteiger partial charge in [-0.3, -0.25) is 4.79 Å². The number of unbranched alkanes of at least 4 members (excludes halogenated alkanes) is 1. The summed E-state index contributed by atoms with van der Waals surface area (Å²) in [5, 5.41) is 9.19. The SMILES string of the molecule is CCCCC(NC(N)=O)C(=O)NC1CC2CCC(C1)N2. The lowest BCUT2D eigenvalue weighted by Gasteiger charge is -2.31. The lowest BCUT2D eigenvalue weighted by molar-refractivity contribution is -0.124. The number of carbonyl (C=O) groups is 2. The van der Waals surface area contributed by atoms with E-state index in [1.165, 1.54) is 12.8 Å². The Kier molecular flexibility index (Phi) is 5.23. The minimum absolute atomic E-state index is 0.0939. The summed E-state index contributed by atoms with van der Waals surface area (Å²) in [6, 6.07) is 0.168. The third kappa shape index (κ3) is 4.10. The van der Waals surface area contributed by atoms with Crippen molar-refractivity contribution in [2.45, 2.75) is 76.0 Å². The number of fused-ring (bicyclic) bond motifs is 2. The van der Waals surface area contributed by atoms with Crippen molar-refractivity contribution in [1.82, 2.24) is 16.0 Å². The molecule has 3 unspecified atom stereocenters. The minimum Gasteiger partial charge on any atom is -0.352 e. The highest BCUT2D eigenvalue weighted by Gasteiger charge is 2.34. The summed E-state index contributed by atoms with van der Waals surface area (Å²) in [5.74, 6) is -0.0939. The Morgan fingerprint density at radius 1 is 1.30 bits per heavy atom. The van der Waals surface area contributed by atoms with Gasteiger partial charge in [-0.1, -0.05) is 19.8 Å². The molecule has 20 heavy (non-hydrogen) atoms. The van der Waals surface area contributed by atoms with Crippen molar-refractivity contribution in [2.24, 2.45) is 5.73 Å². The van der Waals surface area contributed by atoms with Gasteiger partial charge in [-0.25, -0.2) is 4.79 Å². The molecule has 3 atom stereocenters. The first-order chi connectivity index (χ1) is 9.58. The zero-order chi connectivity index (χ0) is 14.5. The number of hydrogen-bond donors (Lipinski definition) is 4. The van der Waals surface area contributed by atoms with Gasteiger partial charge >= 0.3 is 6.03 Å². The maximum absolute atomic E-state index is 12.3. The quantitative estimate of drug-likeness (QED) is 0.575. The van der Waals surface area contributed by atoms with Crippen molar-refractivity contribution < 1.29 is 9.59 Å². The van der Waals surface area contributed by atoms with E-state index in [1.54, 1.807) is 0 Å². The monoisotopic (exact) mass is 282 g/mol. The molecule has 0 aromatic carbocycles. The van der Waals surface area contributed by atoms with Crippen molar-refractivity contribution in [2.75, 3.05) is 0 Å². The van der Waals surface area contributed by atoms with Crippen LogP contribution in [0.2, 0.25) is 0 Å². The molecule has 114 valence electrons. The van der Waals surface area contributed by atoms with Gasteiger partial charge in [-0.2, -0.15) is 0 Å². The fourth-order valence-electron chi connectivity index (χ4n) is 3.33. The van der Waals surface area contributed by atoms with E-state index in [1.807, 2.05) is 0 Å². The molecule has 0 saturated carbocycles. The summed E-state index contributed by atoms with van der Waals surface area (Å²) in [6.45, 7) is 2.06. The molecule has 2 aliphatic rings. The molecule has 2 fully saturated rings. The summed E-state index contributed by atoms with van der Waals surface area (Å²) in [5.41, 5.74) is 5.15. The van der Waals surface area contributed by atoms with E-state index in [9.17, 15) is 9.59 Å². The zero-order valence-electron chi connectivity index (χ0n) is 12.2. The zero-order valence-corrected chi connectivity index (χ0v) is 12.2. The van der Waals surface area contributed by atoms with Crippen LogP contribution in [-0.2, 0) is 4.79 Å².